The van der Waals surface area contributed by atoms with Crippen LogP contribution in [0.5, 0.6) is 0 Å². The van der Waals surface area contributed by atoms with E-state index < -0.39 is 0 Å². The van der Waals surface area contributed by atoms with Crippen molar-refractivity contribution in [1.82, 2.24) is 9.88 Å². The van der Waals surface area contributed by atoms with E-state index in [0.717, 1.165) is 44.6 Å². The normalized spacial score (nSPS) is 18.1. The first-order valence-corrected chi connectivity index (χ1v) is 7.54. The summed E-state index contributed by atoms with van der Waals surface area (Å²) in [7, 11) is 0. The highest BCUT2D eigenvalue weighted by Crippen LogP contribution is 2.18. The smallest absolute Gasteiger partial charge is 0.223 e. The summed E-state index contributed by atoms with van der Waals surface area (Å²) in [6.07, 6.45) is 7.38. The van der Waals surface area contributed by atoms with Crippen molar-refractivity contribution < 1.29 is 9.53 Å². The lowest BCUT2D eigenvalue weighted by atomic mass is 10.0. The van der Waals surface area contributed by atoms with Crippen molar-refractivity contribution in [2.45, 2.75) is 39.2 Å². The second-order valence-electron chi connectivity index (χ2n) is 5.46. The van der Waals surface area contributed by atoms with E-state index in [0.29, 0.717) is 18.9 Å². The monoisotopic (exact) mass is 276 g/mol. The molecule has 4 heteroatoms. The van der Waals surface area contributed by atoms with Crippen molar-refractivity contribution >= 4 is 5.91 Å². The molecule has 0 bridgehead atoms. The summed E-state index contributed by atoms with van der Waals surface area (Å²) in [4.78, 5) is 18.6. The maximum atomic E-state index is 12.5. The van der Waals surface area contributed by atoms with Gasteiger partial charge in [-0.2, -0.15) is 0 Å². The fraction of sp³-hybridized carbons (Fsp3) is 0.625. The van der Waals surface area contributed by atoms with Crippen LogP contribution in [0, 0.1) is 5.92 Å². The third-order valence-corrected chi connectivity index (χ3v) is 3.72. The van der Waals surface area contributed by atoms with Crippen LogP contribution in [-0.4, -0.2) is 35.5 Å². The average molecular weight is 276 g/mol. The summed E-state index contributed by atoms with van der Waals surface area (Å²) in [5, 5.41) is 0. The van der Waals surface area contributed by atoms with Crippen molar-refractivity contribution in [1.29, 1.82) is 0 Å². The third-order valence-electron chi connectivity index (χ3n) is 3.72. The number of unbranched alkanes of at least 4 members (excludes halogenated alkanes) is 1. The number of amides is 1. The van der Waals surface area contributed by atoms with Gasteiger partial charge in [0.05, 0.1) is 0 Å². The molecule has 0 N–H and O–H groups in total. The molecule has 1 aromatic rings. The molecule has 1 atom stereocenters. The minimum absolute atomic E-state index is 0.248. The van der Waals surface area contributed by atoms with E-state index in [1.807, 2.05) is 23.2 Å². The fourth-order valence-electron chi connectivity index (χ4n) is 2.47. The van der Waals surface area contributed by atoms with E-state index in [2.05, 4.69) is 11.9 Å². The topological polar surface area (TPSA) is 42.4 Å². The number of ether oxygens (including phenoxy) is 1. The minimum Gasteiger partial charge on any atom is -0.381 e. The molecule has 1 aliphatic rings. The summed E-state index contributed by atoms with van der Waals surface area (Å²) in [6.45, 7) is 5.19. The van der Waals surface area contributed by atoms with Crippen molar-refractivity contribution in [3.8, 4) is 0 Å². The Bertz CT molecular complexity index is 402. The Balaban J connectivity index is 1.92. The van der Waals surface area contributed by atoms with Gasteiger partial charge < -0.3 is 9.64 Å². The molecule has 1 unspecified atom stereocenters. The zero-order valence-corrected chi connectivity index (χ0v) is 12.3. The number of carbonyl (C=O) groups is 1. The van der Waals surface area contributed by atoms with Gasteiger partial charge in [-0.25, -0.2) is 0 Å². The number of nitrogens with zero attached hydrogens (tertiary/aromatic N) is 2. The molecule has 0 spiro atoms. The highest BCUT2D eigenvalue weighted by atomic mass is 16.5. The molecule has 2 heterocycles. The molecule has 1 aliphatic heterocycles. The Kier molecular flexibility index (Phi) is 5.99. The Morgan fingerprint density at radius 3 is 3.10 bits per heavy atom. The largest absolute Gasteiger partial charge is 0.381 e. The standard InChI is InChI=1S/C16H24N2O2/c1-2-3-8-18(12-15-5-4-7-17-11-15)16(19)10-14-6-9-20-13-14/h4-5,7,11,14H,2-3,6,8-10,12-13H2,1H3. The van der Waals surface area contributed by atoms with Crippen LogP contribution in [0.2, 0.25) is 0 Å². The molecular weight excluding hydrogens is 252 g/mol. The molecule has 4 nitrogen and oxygen atoms in total. The Morgan fingerprint density at radius 1 is 1.55 bits per heavy atom. The lowest BCUT2D eigenvalue weighted by Gasteiger charge is -2.24. The van der Waals surface area contributed by atoms with Gasteiger partial charge in [-0.05, 0) is 30.4 Å². The summed E-state index contributed by atoms with van der Waals surface area (Å²) in [6, 6.07) is 3.94. The van der Waals surface area contributed by atoms with E-state index in [9.17, 15) is 4.79 Å². The molecule has 1 saturated heterocycles. The lowest BCUT2D eigenvalue weighted by molar-refractivity contribution is -0.133. The number of rotatable bonds is 7. The number of pyridine rings is 1. The molecule has 2 rings (SSSR count). The molecule has 1 amide bonds. The van der Waals surface area contributed by atoms with Gasteiger partial charge in [0.15, 0.2) is 0 Å². The number of hydrogen-bond donors (Lipinski definition) is 0. The molecule has 20 heavy (non-hydrogen) atoms. The second kappa shape index (κ2) is 8.00. The van der Waals surface area contributed by atoms with Gasteiger partial charge in [0.2, 0.25) is 5.91 Å². The molecule has 0 saturated carbocycles. The van der Waals surface area contributed by atoms with E-state index in [-0.39, 0.29) is 5.91 Å². The van der Waals surface area contributed by atoms with Gasteiger partial charge in [-0.3, -0.25) is 9.78 Å². The molecule has 110 valence electrons. The van der Waals surface area contributed by atoms with Gasteiger partial charge in [-0.15, -0.1) is 0 Å². The van der Waals surface area contributed by atoms with Crippen molar-refractivity contribution in [3.63, 3.8) is 0 Å². The van der Waals surface area contributed by atoms with Crippen LogP contribution in [0.1, 0.15) is 38.2 Å². The first kappa shape index (κ1) is 15.0. The molecule has 0 radical (unpaired) electrons. The molecule has 1 aromatic heterocycles. The lowest BCUT2D eigenvalue weighted by Crippen LogP contribution is -2.33. The molecular formula is C16H24N2O2. The van der Waals surface area contributed by atoms with Crippen LogP contribution in [0.15, 0.2) is 24.5 Å². The van der Waals surface area contributed by atoms with Crippen LogP contribution < -0.4 is 0 Å². The highest BCUT2D eigenvalue weighted by Gasteiger charge is 2.22. The predicted molar refractivity (Wildman–Crippen MR) is 78.1 cm³/mol. The Hall–Kier alpha value is -1.42. The predicted octanol–water partition coefficient (Wildman–Crippen LogP) is 2.64. The van der Waals surface area contributed by atoms with E-state index in [1.165, 1.54) is 0 Å². The van der Waals surface area contributed by atoms with Crippen molar-refractivity contribution in [3.05, 3.63) is 30.1 Å². The maximum absolute atomic E-state index is 12.5. The van der Waals surface area contributed by atoms with E-state index in [4.69, 9.17) is 4.74 Å². The molecule has 0 aromatic carbocycles. The zero-order chi connectivity index (χ0) is 14.2. The first-order valence-electron chi connectivity index (χ1n) is 7.54. The summed E-state index contributed by atoms with van der Waals surface area (Å²) in [5.74, 6) is 0.651. The van der Waals surface area contributed by atoms with E-state index in [1.54, 1.807) is 6.20 Å². The second-order valence-corrected chi connectivity index (χ2v) is 5.46. The Labute approximate surface area is 121 Å². The number of aromatic nitrogens is 1. The minimum atomic E-state index is 0.248. The highest BCUT2D eigenvalue weighted by molar-refractivity contribution is 5.76. The van der Waals surface area contributed by atoms with Crippen LogP contribution >= 0.6 is 0 Å². The Morgan fingerprint density at radius 2 is 2.45 bits per heavy atom. The van der Waals surface area contributed by atoms with Gasteiger partial charge in [-0.1, -0.05) is 19.4 Å². The summed E-state index contributed by atoms with van der Waals surface area (Å²) in [5.41, 5.74) is 1.10. The van der Waals surface area contributed by atoms with Gasteiger partial charge in [0.25, 0.3) is 0 Å². The maximum Gasteiger partial charge on any atom is 0.223 e. The zero-order valence-electron chi connectivity index (χ0n) is 12.3. The van der Waals surface area contributed by atoms with E-state index >= 15 is 0 Å². The van der Waals surface area contributed by atoms with Crippen LogP contribution in [0.25, 0.3) is 0 Å². The van der Waals surface area contributed by atoms with Gasteiger partial charge in [0.1, 0.15) is 0 Å². The quantitative estimate of drug-likeness (QED) is 0.769. The number of hydrogen-bond acceptors (Lipinski definition) is 3. The van der Waals surface area contributed by atoms with Crippen LogP contribution in [0.4, 0.5) is 0 Å². The third kappa shape index (κ3) is 4.60. The van der Waals surface area contributed by atoms with Gasteiger partial charge >= 0.3 is 0 Å². The fourth-order valence-corrected chi connectivity index (χ4v) is 2.47. The van der Waals surface area contributed by atoms with Crippen LogP contribution in [-0.2, 0) is 16.1 Å². The van der Waals surface area contributed by atoms with Crippen molar-refractivity contribution in [2.24, 2.45) is 5.92 Å². The first-order chi connectivity index (χ1) is 9.79. The molecule has 1 fully saturated rings. The van der Waals surface area contributed by atoms with Crippen molar-refractivity contribution in [2.75, 3.05) is 19.8 Å². The van der Waals surface area contributed by atoms with Crippen LogP contribution in [0.3, 0.4) is 0 Å². The number of carbonyl (C=O) groups excluding carboxylic acids is 1. The average Bonchev–Trinajstić information content (AvgIpc) is 2.97. The summed E-state index contributed by atoms with van der Waals surface area (Å²) >= 11 is 0. The summed E-state index contributed by atoms with van der Waals surface area (Å²) < 4.78 is 5.36. The SMILES string of the molecule is CCCCN(Cc1cccnc1)C(=O)CC1CCOC1. The molecule has 0 aliphatic carbocycles. The van der Waals surface area contributed by atoms with Gasteiger partial charge in [0, 0.05) is 45.1 Å².